The number of nitrogens with one attached hydrogen (secondary N) is 3. The summed E-state index contributed by atoms with van der Waals surface area (Å²) in [6, 6.07) is 12.2. The summed E-state index contributed by atoms with van der Waals surface area (Å²) in [6.07, 6.45) is 2.98. The van der Waals surface area contributed by atoms with Gasteiger partial charge in [0.25, 0.3) is 0 Å². The van der Waals surface area contributed by atoms with Crippen LogP contribution in [0.2, 0.25) is 0 Å². The minimum Gasteiger partial charge on any atom is -0.493 e. The molecule has 0 amide bonds. The van der Waals surface area contributed by atoms with Gasteiger partial charge in [-0.25, -0.2) is 0 Å². The maximum Gasteiger partial charge on any atom is 0.191 e. The zero-order valence-corrected chi connectivity index (χ0v) is 17.9. The molecular formula is C21H25BrN4O2. The molecule has 7 heteroatoms. The Morgan fingerprint density at radius 2 is 1.82 bits per heavy atom. The predicted octanol–water partition coefficient (Wildman–Crippen LogP) is 3.86. The van der Waals surface area contributed by atoms with E-state index in [1.165, 1.54) is 16.5 Å². The highest BCUT2D eigenvalue weighted by molar-refractivity contribution is 9.10. The zero-order valence-electron chi connectivity index (χ0n) is 16.3. The van der Waals surface area contributed by atoms with E-state index in [-0.39, 0.29) is 0 Å². The SMILES string of the molecule is CN=C(NCCc1c[nH]c2ccccc12)NCc1cc(OC)c(OC)cc1Br. The van der Waals surface area contributed by atoms with E-state index in [0.29, 0.717) is 18.0 Å². The number of aromatic nitrogens is 1. The summed E-state index contributed by atoms with van der Waals surface area (Å²) in [7, 11) is 5.03. The number of para-hydroxylation sites is 1. The predicted molar refractivity (Wildman–Crippen MR) is 117 cm³/mol. The number of H-pyrrole nitrogens is 1. The number of nitrogens with zero attached hydrogens (tertiary/aromatic N) is 1. The molecule has 2 aromatic carbocycles. The zero-order chi connectivity index (χ0) is 19.9. The maximum atomic E-state index is 5.38. The third kappa shape index (κ3) is 4.59. The van der Waals surface area contributed by atoms with E-state index >= 15 is 0 Å². The second-order valence-electron chi connectivity index (χ2n) is 6.26. The lowest BCUT2D eigenvalue weighted by Gasteiger charge is -2.15. The van der Waals surface area contributed by atoms with Gasteiger partial charge in [-0.15, -0.1) is 0 Å². The van der Waals surface area contributed by atoms with Gasteiger partial charge in [0.05, 0.1) is 14.2 Å². The lowest BCUT2D eigenvalue weighted by Crippen LogP contribution is -2.37. The van der Waals surface area contributed by atoms with Crippen LogP contribution in [-0.2, 0) is 13.0 Å². The molecule has 0 bridgehead atoms. The van der Waals surface area contributed by atoms with Gasteiger partial charge in [0.2, 0.25) is 0 Å². The fourth-order valence-electron chi connectivity index (χ4n) is 3.09. The van der Waals surface area contributed by atoms with Gasteiger partial charge in [-0.3, -0.25) is 4.99 Å². The quantitative estimate of drug-likeness (QED) is 0.382. The summed E-state index contributed by atoms with van der Waals surface area (Å²) in [5, 5.41) is 7.97. The lowest BCUT2D eigenvalue weighted by atomic mass is 10.1. The molecule has 0 aliphatic carbocycles. The number of ether oxygens (including phenoxy) is 2. The summed E-state index contributed by atoms with van der Waals surface area (Å²) in [5.41, 5.74) is 3.51. The Kier molecular flexibility index (Phi) is 6.81. The van der Waals surface area contributed by atoms with Gasteiger partial charge < -0.3 is 25.1 Å². The van der Waals surface area contributed by atoms with Gasteiger partial charge in [0.1, 0.15) is 0 Å². The van der Waals surface area contributed by atoms with Gasteiger partial charge >= 0.3 is 0 Å². The Labute approximate surface area is 173 Å². The molecular weight excluding hydrogens is 420 g/mol. The summed E-state index contributed by atoms with van der Waals surface area (Å²) in [4.78, 5) is 7.62. The van der Waals surface area contributed by atoms with Crippen molar-refractivity contribution in [2.24, 2.45) is 4.99 Å². The Hall–Kier alpha value is -2.67. The summed E-state index contributed by atoms with van der Waals surface area (Å²) >= 11 is 3.59. The van der Waals surface area contributed by atoms with Crippen LogP contribution in [-0.4, -0.2) is 38.8 Å². The van der Waals surface area contributed by atoms with Gasteiger partial charge in [-0.1, -0.05) is 34.1 Å². The molecule has 0 atom stereocenters. The number of fused-ring (bicyclic) bond motifs is 1. The molecule has 3 rings (SSSR count). The highest BCUT2D eigenvalue weighted by Gasteiger charge is 2.10. The molecule has 3 aromatic rings. The molecule has 0 saturated heterocycles. The van der Waals surface area contributed by atoms with Gasteiger partial charge in [-0.05, 0) is 35.7 Å². The van der Waals surface area contributed by atoms with Crippen LogP contribution < -0.4 is 20.1 Å². The van der Waals surface area contributed by atoms with Crippen LogP contribution >= 0.6 is 15.9 Å². The van der Waals surface area contributed by atoms with Crippen molar-refractivity contribution in [3.8, 4) is 11.5 Å². The minimum absolute atomic E-state index is 0.605. The summed E-state index contributed by atoms with van der Waals surface area (Å²) in [5.74, 6) is 2.14. The maximum absolute atomic E-state index is 5.38. The Balaban J connectivity index is 1.56. The molecule has 3 N–H and O–H groups in total. The third-order valence-electron chi connectivity index (χ3n) is 4.58. The topological polar surface area (TPSA) is 70.7 Å². The molecule has 0 saturated carbocycles. The molecule has 0 radical (unpaired) electrons. The van der Waals surface area contributed by atoms with Crippen molar-refractivity contribution in [3.05, 3.63) is 58.2 Å². The largest absolute Gasteiger partial charge is 0.493 e. The van der Waals surface area contributed by atoms with E-state index in [9.17, 15) is 0 Å². The average Bonchev–Trinajstić information content (AvgIpc) is 3.14. The number of aliphatic imine (C=N–C) groups is 1. The number of benzene rings is 2. The third-order valence-corrected chi connectivity index (χ3v) is 5.32. The van der Waals surface area contributed by atoms with E-state index in [0.717, 1.165) is 29.0 Å². The van der Waals surface area contributed by atoms with Crippen molar-refractivity contribution in [2.45, 2.75) is 13.0 Å². The first-order valence-electron chi connectivity index (χ1n) is 9.06. The first kappa shape index (κ1) is 20.1. The van der Waals surface area contributed by atoms with Crippen LogP contribution in [0.5, 0.6) is 11.5 Å². The van der Waals surface area contributed by atoms with Crippen molar-refractivity contribution in [1.82, 2.24) is 15.6 Å². The van der Waals surface area contributed by atoms with Crippen molar-refractivity contribution < 1.29 is 9.47 Å². The van der Waals surface area contributed by atoms with E-state index in [2.05, 4.69) is 60.9 Å². The number of hydrogen-bond donors (Lipinski definition) is 3. The normalized spacial score (nSPS) is 11.5. The molecule has 28 heavy (non-hydrogen) atoms. The van der Waals surface area contributed by atoms with Crippen molar-refractivity contribution in [1.29, 1.82) is 0 Å². The molecule has 1 heterocycles. The first-order chi connectivity index (χ1) is 13.7. The van der Waals surface area contributed by atoms with Crippen LogP contribution in [0.3, 0.4) is 0 Å². The number of rotatable bonds is 7. The number of aromatic amines is 1. The second-order valence-corrected chi connectivity index (χ2v) is 7.11. The number of methoxy groups -OCH3 is 2. The molecule has 0 unspecified atom stereocenters. The number of guanidine groups is 1. The highest BCUT2D eigenvalue weighted by Crippen LogP contribution is 2.33. The van der Waals surface area contributed by atoms with Crippen LogP contribution in [0, 0.1) is 0 Å². The van der Waals surface area contributed by atoms with Gasteiger partial charge in [-0.2, -0.15) is 0 Å². The number of halogens is 1. The molecule has 1 aromatic heterocycles. The van der Waals surface area contributed by atoms with Crippen molar-refractivity contribution in [2.75, 3.05) is 27.8 Å². The van der Waals surface area contributed by atoms with Crippen LogP contribution in [0.25, 0.3) is 10.9 Å². The van der Waals surface area contributed by atoms with Crippen molar-refractivity contribution >= 4 is 32.8 Å². The van der Waals surface area contributed by atoms with E-state index in [4.69, 9.17) is 9.47 Å². The van der Waals surface area contributed by atoms with Crippen molar-refractivity contribution in [3.63, 3.8) is 0 Å². The highest BCUT2D eigenvalue weighted by atomic mass is 79.9. The molecule has 0 fully saturated rings. The molecule has 0 spiro atoms. The average molecular weight is 445 g/mol. The Morgan fingerprint density at radius 1 is 1.07 bits per heavy atom. The minimum atomic E-state index is 0.605. The first-order valence-corrected chi connectivity index (χ1v) is 9.85. The van der Waals surface area contributed by atoms with Gasteiger partial charge in [0.15, 0.2) is 17.5 Å². The van der Waals surface area contributed by atoms with E-state index < -0.39 is 0 Å². The van der Waals surface area contributed by atoms with E-state index in [1.54, 1.807) is 21.3 Å². The van der Waals surface area contributed by atoms with Crippen LogP contribution in [0.1, 0.15) is 11.1 Å². The second kappa shape index (κ2) is 9.50. The smallest absolute Gasteiger partial charge is 0.191 e. The number of hydrogen-bond acceptors (Lipinski definition) is 3. The summed E-state index contributed by atoms with van der Waals surface area (Å²) in [6.45, 7) is 1.39. The van der Waals surface area contributed by atoms with Crippen LogP contribution in [0.15, 0.2) is 52.1 Å². The van der Waals surface area contributed by atoms with E-state index in [1.807, 2.05) is 18.2 Å². The fraction of sp³-hybridized carbons (Fsp3) is 0.286. The summed E-state index contributed by atoms with van der Waals surface area (Å²) < 4.78 is 11.7. The monoisotopic (exact) mass is 444 g/mol. The Morgan fingerprint density at radius 3 is 2.57 bits per heavy atom. The molecule has 148 valence electrons. The standard InChI is InChI=1S/C21H25BrN4O2/c1-23-21(24-9-8-14-12-25-18-7-5-4-6-16(14)18)26-13-15-10-19(27-2)20(28-3)11-17(15)22/h4-7,10-12,25H,8-9,13H2,1-3H3,(H2,23,24,26). The lowest BCUT2D eigenvalue weighted by molar-refractivity contribution is 0.354. The fourth-order valence-corrected chi connectivity index (χ4v) is 3.55. The van der Waals surface area contributed by atoms with Gasteiger partial charge in [0, 0.05) is 41.7 Å². The molecule has 0 aliphatic heterocycles. The molecule has 0 aliphatic rings. The molecule has 6 nitrogen and oxygen atoms in total. The Bertz CT molecular complexity index is 968. The van der Waals surface area contributed by atoms with Crippen LogP contribution in [0.4, 0.5) is 0 Å².